The molecule has 5 heteroatoms. The Morgan fingerprint density at radius 2 is 1.83 bits per heavy atom. The van der Waals surface area contributed by atoms with Gasteiger partial charge >= 0.3 is 0 Å². The van der Waals surface area contributed by atoms with Gasteiger partial charge in [0, 0.05) is 12.5 Å². The van der Waals surface area contributed by atoms with E-state index in [0.717, 1.165) is 24.5 Å². The molecule has 0 radical (unpaired) electrons. The number of likely N-dealkylation sites (tertiary alicyclic amines) is 1. The molecule has 2 aromatic rings. The van der Waals surface area contributed by atoms with Crippen molar-refractivity contribution in [2.24, 2.45) is 0 Å². The van der Waals surface area contributed by atoms with E-state index in [1.54, 1.807) is 12.5 Å². The first-order valence-electron chi connectivity index (χ1n) is 8.25. The number of carbonyl (C=O) groups excluding carboxylic acids is 1. The van der Waals surface area contributed by atoms with Gasteiger partial charge in [-0.2, -0.15) is 0 Å². The first-order chi connectivity index (χ1) is 11.2. The minimum atomic E-state index is 0.150. The highest BCUT2D eigenvalue weighted by molar-refractivity contribution is 5.76. The van der Waals surface area contributed by atoms with Crippen molar-refractivity contribution in [3.8, 4) is 0 Å². The molecule has 3 rings (SSSR count). The van der Waals surface area contributed by atoms with Crippen molar-refractivity contribution in [1.29, 1.82) is 0 Å². The molecule has 0 aromatic carbocycles. The fourth-order valence-electron chi connectivity index (χ4n) is 3.15. The van der Waals surface area contributed by atoms with Crippen molar-refractivity contribution in [2.75, 3.05) is 13.6 Å². The van der Waals surface area contributed by atoms with Crippen LogP contribution in [0.5, 0.6) is 0 Å². The number of piperidine rings is 1. The number of hydrogen-bond acceptors (Lipinski definition) is 4. The molecule has 1 saturated heterocycles. The van der Waals surface area contributed by atoms with Crippen molar-refractivity contribution in [3.05, 3.63) is 48.3 Å². The topological polar surface area (TPSA) is 49.8 Å². The first kappa shape index (κ1) is 15.9. The van der Waals surface area contributed by atoms with Gasteiger partial charge in [0.1, 0.15) is 11.5 Å². The second kappa shape index (κ2) is 7.51. The molecule has 0 saturated carbocycles. The maximum atomic E-state index is 12.8. The summed E-state index contributed by atoms with van der Waals surface area (Å²) in [5, 5.41) is 0. The molecule has 1 atom stereocenters. The third-order valence-electron chi connectivity index (χ3n) is 4.54. The van der Waals surface area contributed by atoms with Gasteiger partial charge in [-0.1, -0.05) is 6.42 Å². The molecular weight excluding hydrogens is 292 g/mol. The van der Waals surface area contributed by atoms with Crippen LogP contribution in [-0.2, 0) is 17.9 Å². The third kappa shape index (κ3) is 4.26. The van der Waals surface area contributed by atoms with Crippen LogP contribution in [0.1, 0.15) is 37.2 Å². The largest absolute Gasteiger partial charge is 0.467 e. The Morgan fingerprint density at radius 3 is 2.35 bits per heavy atom. The van der Waals surface area contributed by atoms with Crippen LogP contribution >= 0.6 is 0 Å². The van der Waals surface area contributed by atoms with Gasteiger partial charge in [0.15, 0.2) is 0 Å². The Bertz CT molecular complexity index is 556. The van der Waals surface area contributed by atoms with E-state index in [9.17, 15) is 4.79 Å². The highest BCUT2D eigenvalue weighted by Crippen LogP contribution is 2.20. The highest BCUT2D eigenvalue weighted by Gasteiger charge is 2.25. The van der Waals surface area contributed by atoms with Crippen LogP contribution in [0.25, 0.3) is 0 Å². The zero-order valence-electron chi connectivity index (χ0n) is 13.6. The van der Waals surface area contributed by atoms with E-state index in [4.69, 9.17) is 8.83 Å². The Kier molecular flexibility index (Phi) is 5.18. The molecule has 0 unspecified atom stereocenters. The van der Waals surface area contributed by atoms with Crippen LogP contribution in [0, 0.1) is 0 Å². The van der Waals surface area contributed by atoms with Gasteiger partial charge < -0.3 is 18.6 Å². The number of amides is 1. The smallest absolute Gasteiger partial charge is 0.224 e. The Hall–Kier alpha value is -2.01. The normalized spacial score (nSPS) is 18.9. The molecule has 1 fully saturated rings. The number of hydrogen-bond donors (Lipinski definition) is 0. The summed E-state index contributed by atoms with van der Waals surface area (Å²) >= 11 is 0. The van der Waals surface area contributed by atoms with E-state index in [0.29, 0.717) is 25.6 Å². The number of nitrogens with zero attached hydrogens (tertiary/aromatic N) is 2. The van der Waals surface area contributed by atoms with Gasteiger partial charge in [0.2, 0.25) is 5.91 Å². The van der Waals surface area contributed by atoms with Crippen LogP contribution in [0.15, 0.2) is 45.6 Å². The van der Waals surface area contributed by atoms with E-state index < -0.39 is 0 Å². The van der Waals surface area contributed by atoms with Gasteiger partial charge in [-0.3, -0.25) is 4.79 Å². The second-order valence-electron chi connectivity index (χ2n) is 6.24. The molecular formula is C18H24N2O3. The van der Waals surface area contributed by atoms with Crippen molar-refractivity contribution in [3.63, 3.8) is 0 Å². The number of carbonyl (C=O) groups is 1. The minimum Gasteiger partial charge on any atom is -0.467 e. The number of rotatable bonds is 6. The summed E-state index contributed by atoms with van der Waals surface area (Å²) in [5.41, 5.74) is 0. The molecule has 0 bridgehead atoms. The van der Waals surface area contributed by atoms with E-state index in [-0.39, 0.29) is 5.91 Å². The summed E-state index contributed by atoms with van der Waals surface area (Å²) < 4.78 is 10.8. The lowest BCUT2D eigenvalue weighted by molar-refractivity contribution is -0.134. The molecule has 3 heterocycles. The number of furan rings is 2. The Labute approximate surface area is 136 Å². The average molecular weight is 316 g/mol. The molecule has 124 valence electrons. The third-order valence-corrected chi connectivity index (χ3v) is 4.54. The monoisotopic (exact) mass is 316 g/mol. The van der Waals surface area contributed by atoms with Crippen LogP contribution in [0.2, 0.25) is 0 Å². The van der Waals surface area contributed by atoms with Crippen molar-refractivity contribution in [2.45, 2.75) is 44.8 Å². The van der Waals surface area contributed by atoms with Crippen molar-refractivity contribution < 1.29 is 13.6 Å². The van der Waals surface area contributed by atoms with E-state index >= 15 is 0 Å². The maximum absolute atomic E-state index is 12.8. The lowest BCUT2D eigenvalue weighted by atomic mass is 9.99. The summed E-state index contributed by atoms with van der Waals surface area (Å²) in [5.74, 6) is 1.74. The summed E-state index contributed by atoms with van der Waals surface area (Å²) in [6.45, 7) is 2.03. The lowest BCUT2D eigenvalue weighted by Gasteiger charge is -2.33. The summed E-state index contributed by atoms with van der Waals surface area (Å²) in [7, 11) is 2.11. The van der Waals surface area contributed by atoms with E-state index in [1.807, 2.05) is 29.2 Å². The predicted octanol–water partition coefficient (Wildman–Crippen LogP) is 3.28. The zero-order chi connectivity index (χ0) is 16.1. The highest BCUT2D eigenvalue weighted by atomic mass is 16.3. The molecule has 0 aliphatic carbocycles. The van der Waals surface area contributed by atoms with Gasteiger partial charge in [-0.25, -0.2) is 0 Å². The molecule has 23 heavy (non-hydrogen) atoms. The summed E-state index contributed by atoms with van der Waals surface area (Å²) in [4.78, 5) is 16.9. The maximum Gasteiger partial charge on any atom is 0.224 e. The average Bonchev–Trinajstić information content (AvgIpc) is 3.22. The molecule has 5 nitrogen and oxygen atoms in total. The van der Waals surface area contributed by atoms with Crippen molar-refractivity contribution >= 4 is 5.91 Å². The lowest BCUT2D eigenvalue weighted by Crippen LogP contribution is -2.41. The standard InChI is InChI=1S/C18H24N2O3/c1-19-9-3-2-6-15(19)12-18(21)20(13-16-7-4-10-22-16)14-17-8-5-11-23-17/h4-5,7-8,10-11,15H,2-3,6,9,12-14H2,1H3/t15-/m1/s1. The summed E-state index contributed by atoms with van der Waals surface area (Å²) in [6.07, 6.45) is 7.36. The van der Waals surface area contributed by atoms with Crippen molar-refractivity contribution in [1.82, 2.24) is 9.80 Å². The first-order valence-corrected chi connectivity index (χ1v) is 8.25. The predicted molar refractivity (Wildman–Crippen MR) is 86.6 cm³/mol. The van der Waals surface area contributed by atoms with Gasteiger partial charge in [0.05, 0.1) is 25.6 Å². The van der Waals surface area contributed by atoms with E-state index in [2.05, 4.69) is 11.9 Å². The molecule has 1 amide bonds. The SMILES string of the molecule is CN1CCCC[C@@H]1CC(=O)N(Cc1ccco1)Cc1ccco1. The second-order valence-corrected chi connectivity index (χ2v) is 6.24. The molecule has 1 aliphatic rings. The molecule has 1 aliphatic heterocycles. The fourth-order valence-corrected chi connectivity index (χ4v) is 3.15. The Morgan fingerprint density at radius 1 is 1.17 bits per heavy atom. The summed E-state index contributed by atoms with van der Waals surface area (Å²) in [6, 6.07) is 7.83. The Balaban J connectivity index is 1.67. The quantitative estimate of drug-likeness (QED) is 0.820. The molecule has 0 spiro atoms. The van der Waals surface area contributed by atoms with Gasteiger partial charge in [-0.05, 0) is 50.7 Å². The fraction of sp³-hybridized carbons (Fsp3) is 0.500. The minimum absolute atomic E-state index is 0.150. The zero-order valence-corrected chi connectivity index (χ0v) is 13.6. The molecule has 0 N–H and O–H groups in total. The van der Waals surface area contributed by atoms with Crippen LogP contribution in [-0.4, -0.2) is 35.3 Å². The van der Waals surface area contributed by atoms with Gasteiger partial charge in [0.25, 0.3) is 0 Å². The van der Waals surface area contributed by atoms with Gasteiger partial charge in [-0.15, -0.1) is 0 Å². The van der Waals surface area contributed by atoms with Crippen LogP contribution < -0.4 is 0 Å². The van der Waals surface area contributed by atoms with E-state index in [1.165, 1.54) is 12.8 Å². The molecule has 2 aromatic heterocycles. The van der Waals surface area contributed by atoms with Crippen LogP contribution in [0.3, 0.4) is 0 Å². The van der Waals surface area contributed by atoms with Crippen LogP contribution in [0.4, 0.5) is 0 Å².